The Labute approximate surface area is 125 Å². The Morgan fingerprint density at radius 2 is 2.05 bits per heavy atom. The fourth-order valence-electron chi connectivity index (χ4n) is 1.71. The highest BCUT2D eigenvalue weighted by molar-refractivity contribution is 7.89. The molecule has 1 aromatic carbocycles. The van der Waals surface area contributed by atoms with Crippen LogP contribution >= 0.6 is 11.6 Å². The lowest BCUT2D eigenvalue weighted by Crippen LogP contribution is -2.25. The van der Waals surface area contributed by atoms with Gasteiger partial charge in [-0.2, -0.15) is 0 Å². The van der Waals surface area contributed by atoms with Gasteiger partial charge in [0.15, 0.2) is 0 Å². The monoisotopic (exact) mass is 320 g/mol. The molecule has 0 aromatic heterocycles. The van der Waals surface area contributed by atoms with Crippen LogP contribution in [0.2, 0.25) is 5.02 Å². The Bertz CT molecular complexity index is 520. The molecule has 1 rings (SSSR count). The number of rotatable bonds is 9. The average Bonchev–Trinajstić information content (AvgIpc) is 2.43. The van der Waals surface area contributed by atoms with Gasteiger partial charge in [0.05, 0.1) is 5.02 Å². The maximum atomic E-state index is 12.1. The van der Waals surface area contributed by atoms with Crippen LogP contribution in [-0.2, 0) is 21.3 Å². The normalized spacial score (nSPS) is 11.8. The van der Waals surface area contributed by atoms with Gasteiger partial charge in [-0.1, -0.05) is 17.7 Å². The molecule has 0 aliphatic rings. The summed E-state index contributed by atoms with van der Waals surface area (Å²) in [7, 11) is -1.94. The predicted molar refractivity (Wildman–Crippen MR) is 80.3 cm³/mol. The lowest BCUT2D eigenvalue weighted by Gasteiger charge is -2.09. The van der Waals surface area contributed by atoms with Crippen molar-refractivity contribution in [3.63, 3.8) is 0 Å². The van der Waals surface area contributed by atoms with Crippen molar-refractivity contribution in [2.45, 2.75) is 30.7 Å². The van der Waals surface area contributed by atoms with Crippen molar-refractivity contribution < 1.29 is 13.2 Å². The van der Waals surface area contributed by atoms with E-state index < -0.39 is 10.0 Å². The van der Waals surface area contributed by atoms with Crippen LogP contribution < -0.4 is 10.5 Å². The van der Waals surface area contributed by atoms with Crippen LogP contribution in [0.25, 0.3) is 0 Å². The van der Waals surface area contributed by atoms with Gasteiger partial charge < -0.3 is 10.5 Å². The van der Waals surface area contributed by atoms with Gasteiger partial charge in [-0.3, -0.25) is 0 Å². The third kappa shape index (κ3) is 5.38. The van der Waals surface area contributed by atoms with Gasteiger partial charge in [0.25, 0.3) is 0 Å². The van der Waals surface area contributed by atoms with Crippen molar-refractivity contribution in [1.29, 1.82) is 0 Å². The standard InChI is InChI=1S/C13H21ClN2O3S/c1-19-8-4-2-3-7-16-20(17,18)13-9-11(10-15)5-6-12(13)14/h5-6,9,16H,2-4,7-8,10,15H2,1H3. The molecule has 114 valence electrons. The minimum Gasteiger partial charge on any atom is -0.385 e. The van der Waals surface area contributed by atoms with E-state index in [9.17, 15) is 8.42 Å². The SMILES string of the molecule is COCCCCCNS(=O)(=O)c1cc(CN)ccc1Cl. The van der Waals surface area contributed by atoms with Gasteiger partial charge in [0.1, 0.15) is 4.90 Å². The predicted octanol–water partition coefficient (Wildman–Crippen LogP) is 1.89. The molecule has 0 heterocycles. The molecular formula is C13H21ClN2O3S. The molecule has 5 nitrogen and oxygen atoms in total. The van der Waals surface area contributed by atoms with Crippen molar-refractivity contribution >= 4 is 21.6 Å². The number of hydrogen-bond acceptors (Lipinski definition) is 4. The maximum absolute atomic E-state index is 12.1. The summed E-state index contributed by atoms with van der Waals surface area (Å²) in [5, 5.41) is 0.203. The molecule has 1 aromatic rings. The van der Waals surface area contributed by atoms with Crippen LogP contribution in [0.15, 0.2) is 23.1 Å². The molecule has 0 unspecified atom stereocenters. The van der Waals surface area contributed by atoms with Crippen LogP contribution in [0.1, 0.15) is 24.8 Å². The number of halogens is 1. The van der Waals surface area contributed by atoms with E-state index in [1.807, 2.05) is 0 Å². The second-order valence-electron chi connectivity index (χ2n) is 4.42. The highest BCUT2D eigenvalue weighted by atomic mass is 35.5. The summed E-state index contributed by atoms with van der Waals surface area (Å²) in [6.45, 7) is 1.35. The number of benzene rings is 1. The Morgan fingerprint density at radius 1 is 1.30 bits per heavy atom. The number of methoxy groups -OCH3 is 1. The lowest BCUT2D eigenvalue weighted by molar-refractivity contribution is 0.192. The molecule has 0 bridgehead atoms. The Hall–Kier alpha value is -0.660. The third-order valence-electron chi connectivity index (χ3n) is 2.84. The number of unbranched alkanes of at least 4 members (excludes halogenated alkanes) is 2. The smallest absolute Gasteiger partial charge is 0.242 e. The summed E-state index contributed by atoms with van der Waals surface area (Å²) in [6, 6.07) is 4.78. The van der Waals surface area contributed by atoms with Crippen molar-refractivity contribution in [3.8, 4) is 0 Å². The molecule has 0 atom stereocenters. The van der Waals surface area contributed by atoms with Crippen LogP contribution in [0.3, 0.4) is 0 Å². The largest absolute Gasteiger partial charge is 0.385 e. The summed E-state index contributed by atoms with van der Waals surface area (Å²) >= 11 is 5.94. The molecule has 0 saturated carbocycles. The summed E-state index contributed by atoms with van der Waals surface area (Å²) in [5.41, 5.74) is 6.24. The summed E-state index contributed by atoms with van der Waals surface area (Å²) in [5.74, 6) is 0. The first-order chi connectivity index (χ1) is 9.51. The lowest BCUT2D eigenvalue weighted by atomic mass is 10.2. The van der Waals surface area contributed by atoms with Crippen molar-refractivity contribution in [2.75, 3.05) is 20.3 Å². The molecule has 0 aliphatic carbocycles. The van der Waals surface area contributed by atoms with Crippen LogP contribution in [-0.4, -0.2) is 28.7 Å². The molecule has 0 aliphatic heterocycles. The quantitative estimate of drug-likeness (QED) is 0.681. The molecule has 0 saturated heterocycles. The first kappa shape index (κ1) is 17.4. The number of nitrogens with one attached hydrogen (secondary N) is 1. The second-order valence-corrected chi connectivity index (χ2v) is 6.56. The van der Waals surface area contributed by atoms with E-state index in [2.05, 4.69) is 4.72 Å². The third-order valence-corrected chi connectivity index (χ3v) is 4.78. The van der Waals surface area contributed by atoms with Gasteiger partial charge in [-0.25, -0.2) is 13.1 Å². The molecule has 7 heteroatoms. The van der Waals surface area contributed by atoms with Gasteiger partial charge in [0, 0.05) is 26.8 Å². The van der Waals surface area contributed by atoms with Crippen LogP contribution in [0.5, 0.6) is 0 Å². The van der Waals surface area contributed by atoms with Crippen molar-refractivity contribution in [3.05, 3.63) is 28.8 Å². The van der Waals surface area contributed by atoms with Crippen LogP contribution in [0.4, 0.5) is 0 Å². The number of sulfonamides is 1. The van der Waals surface area contributed by atoms with E-state index in [4.69, 9.17) is 22.1 Å². The molecule has 0 spiro atoms. The minimum atomic E-state index is -3.59. The molecule has 0 fully saturated rings. The van der Waals surface area contributed by atoms with E-state index in [-0.39, 0.29) is 16.5 Å². The zero-order chi connectivity index (χ0) is 15.0. The van der Waals surface area contributed by atoms with E-state index in [0.29, 0.717) is 13.2 Å². The van der Waals surface area contributed by atoms with Gasteiger partial charge in [-0.15, -0.1) is 0 Å². The van der Waals surface area contributed by atoms with E-state index in [0.717, 1.165) is 24.8 Å². The fraction of sp³-hybridized carbons (Fsp3) is 0.538. The Kier molecular flexibility index (Phi) is 7.47. The van der Waals surface area contributed by atoms with E-state index in [1.165, 1.54) is 6.07 Å². The second kappa shape index (κ2) is 8.59. The molecule has 0 radical (unpaired) electrons. The summed E-state index contributed by atoms with van der Waals surface area (Å²) in [4.78, 5) is 0.0824. The number of nitrogens with two attached hydrogens (primary N) is 1. The molecule has 20 heavy (non-hydrogen) atoms. The fourth-order valence-corrected chi connectivity index (χ4v) is 3.34. The highest BCUT2D eigenvalue weighted by Gasteiger charge is 2.17. The number of hydrogen-bond donors (Lipinski definition) is 2. The Balaban J connectivity index is 2.60. The minimum absolute atomic E-state index is 0.0824. The first-order valence-electron chi connectivity index (χ1n) is 6.48. The highest BCUT2D eigenvalue weighted by Crippen LogP contribution is 2.22. The van der Waals surface area contributed by atoms with Gasteiger partial charge in [0.2, 0.25) is 10.0 Å². The maximum Gasteiger partial charge on any atom is 0.242 e. The topological polar surface area (TPSA) is 81.4 Å². The van der Waals surface area contributed by atoms with E-state index in [1.54, 1.807) is 19.2 Å². The Morgan fingerprint density at radius 3 is 2.70 bits per heavy atom. The number of ether oxygens (including phenoxy) is 1. The molecular weight excluding hydrogens is 300 g/mol. The van der Waals surface area contributed by atoms with Gasteiger partial charge >= 0.3 is 0 Å². The molecule has 3 N–H and O–H groups in total. The molecule has 0 amide bonds. The van der Waals surface area contributed by atoms with Crippen LogP contribution in [0, 0.1) is 0 Å². The van der Waals surface area contributed by atoms with Gasteiger partial charge in [-0.05, 0) is 37.0 Å². The first-order valence-corrected chi connectivity index (χ1v) is 8.34. The van der Waals surface area contributed by atoms with Crippen molar-refractivity contribution in [1.82, 2.24) is 4.72 Å². The zero-order valence-electron chi connectivity index (χ0n) is 11.6. The van der Waals surface area contributed by atoms with Crippen molar-refractivity contribution in [2.24, 2.45) is 5.73 Å². The average molecular weight is 321 g/mol. The summed E-state index contributed by atoms with van der Waals surface area (Å²) in [6.07, 6.45) is 2.59. The summed E-state index contributed by atoms with van der Waals surface area (Å²) < 4.78 is 31.8. The zero-order valence-corrected chi connectivity index (χ0v) is 13.1. The van der Waals surface area contributed by atoms with E-state index >= 15 is 0 Å².